The van der Waals surface area contributed by atoms with Crippen LogP contribution in [0.4, 0.5) is 0 Å². The Labute approximate surface area is 110 Å². The van der Waals surface area contributed by atoms with E-state index in [-0.39, 0.29) is 17.6 Å². The lowest BCUT2D eigenvalue weighted by molar-refractivity contribution is -0.141. The number of nitrogens with two attached hydrogens (primary N) is 1. The molecular formula is C10H19N3O4S. The molecular weight excluding hydrogens is 258 g/mol. The Bertz CT molecular complexity index is 299. The fourth-order valence-electron chi connectivity index (χ4n) is 0.989. The van der Waals surface area contributed by atoms with Gasteiger partial charge in [-0.25, -0.2) is 0 Å². The summed E-state index contributed by atoms with van der Waals surface area (Å²) in [5.41, 5.74) is 5.49. The normalized spacial score (nSPS) is 11.5. The van der Waals surface area contributed by atoms with Gasteiger partial charge in [0.2, 0.25) is 11.8 Å². The van der Waals surface area contributed by atoms with Crippen LogP contribution >= 0.6 is 11.8 Å². The third-order valence-electron chi connectivity index (χ3n) is 1.86. The number of methoxy groups -OCH3 is 1. The van der Waals surface area contributed by atoms with Gasteiger partial charge in [0.25, 0.3) is 0 Å². The number of thioether (sulfide) groups is 1. The molecule has 0 radical (unpaired) electrons. The lowest BCUT2D eigenvalue weighted by atomic mass is 10.4. The molecule has 2 amide bonds. The van der Waals surface area contributed by atoms with Gasteiger partial charge in [-0.2, -0.15) is 0 Å². The average molecular weight is 277 g/mol. The van der Waals surface area contributed by atoms with Gasteiger partial charge >= 0.3 is 5.97 Å². The van der Waals surface area contributed by atoms with E-state index in [1.165, 1.54) is 25.8 Å². The van der Waals surface area contributed by atoms with E-state index in [0.29, 0.717) is 18.8 Å². The second-order valence-corrected chi connectivity index (χ2v) is 4.51. The van der Waals surface area contributed by atoms with Crippen molar-refractivity contribution in [1.29, 1.82) is 0 Å². The fraction of sp³-hybridized carbons (Fsp3) is 0.700. The van der Waals surface area contributed by atoms with Crippen molar-refractivity contribution in [2.75, 3.05) is 31.7 Å². The van der Waals surface area contributed by atoms with Crippen LogP contribution in [0.3, 0.4) is 0 Å². The van der Waals surface area contributed by atoms with Crippen LogP contribution in [0, 0.1) is 0 Å². The third kappa shape index (κ3) is 8.82. The van der Waals surface area contributed by atoms with Gasteiger partial charge in [-0.1, -0.05) is 0 Å². The van der Waals surface area contributed by atoms with Crippen molar-refractivity contribution in [3.63, 3.8) is 0 Å². The number of nitrogens with one attached hydrogen (secondary N) is 2. The number of rotatable bonds is 8. The van der Waals surface area contributed by atoms with E-state index in [4.69, 9.17) is 5.73 Å². The molecule has 0 fully saturated rings. The van der Waals surface area contributed by atoms with Gasteiger partial charge in [0.15, 0.2) is 0 Å². The topological polar surface area (TPSA) is 111 Å². The number of carbonyl (C=O) groups is 3. The predicted octanol–water partition coefficient (Wildman–Crippen LogP) is -1.53. The number of ether oxygens (including phenoxy) is 1. The summed E-state index contributed by atoms with van der Waals surface area (Å²) >= 11 is 1.25. The molecule has 8 heteroatoms. The van der Waals surface area contributed by atoms with Crippen LogP contribution in [0.5, 0.6) is 0 Å². The van der Waals surface area contributed by atoms with Crippen LogP contribution in [0.25, 0.3) is 0 Å². The van der Waals surface area contributed by atoms with Crippen LogP contribution in [-0.4, -0.2) is 55.5 Å². The highest BCUT2D eigenvalue weighted by Gasteiger charge is 2.13. The zero-order valence-corrected chi connectivity index (χ0v) is 11.3. The van der Waals surface area contributed by atoms with Crippen molar-refractivity contribution in [1.82, 2.24) is 10.6 Å². The summed E-state index contributed by atoms with van der Waals surface area (Å²) in [7, 11) is 1.27. The second-order valence-electron chi connectivity index (χ2n) is 3.48. The highest BCUT2D eigenvalue weighted by atomic mass is 32.2. The lowest BCUT2D eigenvalue weighted by Gasteiger charge is -2.09. The second kappa shape index (κ2) is 9.72. The molecule has 0 aromatic rings. The molecule has 0 spiro atoms. The molecule has 0 aliphatic heterocycles. The number of hydrogen-bond donors (Lipinski definition) is 3. The van der Waals surface area contributed by atoms with Crippen LogP contribution < -0.4 is 16.4 Å². The zero-order valence-electron chi connectivity index (χ0n) is 10.5. The molecule has 0 saturated heterocycles. The van der Waals surface area contributed by atoms with Gasteiger partial charge in [0.1, 0.15) is 6.04 Å². The first kappa shape index (κ1) is 16.7. The maximum Gasteiger partial charge on any atom is 0.323 e. The molecule has 104 valence electrons. The monoisotopic (exact) mass is 277 g/mol. The smallest absolute Gasteiger partial charge is 0.323 e. The van der Waals surface area contributed by atoms with E-state index in [9.17, 15) is 14.4 Å². The van der Waals surface area contributed by atoms with Gasteiger partial charge in [-0.15, -0.1) is 11.8 Å². The van der Waals surface area contributed by atoms with E-state index in [1.807, 2.05) is 0 Å². The van der Waals surface area contributed by atoms with Gasteiger partial charge in [-0.05, 0) is 0 Å². The molecule has 0 rings (SSSR count). The molecule has 1 atom stereocenters. The maximum atomic E-state index is 11.3. The molecule has 0 heterocycles. The number of carbonyl (C=O) groups excluding carboxylic acids is 3. The Balaban J connectivity index is 3.53. The molecule has 18 heavy (non-hydrogen) atoms. The molecule has 0 aliphatic carbocycles. The highest BCUT2D eigenvalue weighted by molar-refractivity contribution is 8.00. The van der Waals surface area contributed by atoms with Crippen LogP contribution in [0.15, 0.2) is 0 Å². The summed E-state index contributed by atoms with van der Waals surface area (Å²) in [6, 6.07) is -0.716. The molecule has 0 aromatic carbocycles. The van der Waals surface area contributed by atoms with E-state index in [1.54, 1.807) is 0 Å². The Morgan fingerprint density at radius 3 is 2.44 bits per heavy atom. The predicted molar refractivity (Wildman–Crippen MR) is 69.0 cm³/mol. The minimum atomic E-state index is -0.716. The van der Waals surface area contributed by atoms with E-state index in [0.717, 1.165) is 0 Å². The summed E-state index contributed by atoms with van der Waals surface area (Å²) in [4.78, 5) is 32.8. The van der Waals surface area contributed by atoms with Crippen molar-refractivity contribution in [2.45, 2.75) is 13.0 Å². The number of amides is 2. The molecule has 1 unspecified atom stereocenters. The van der Waals surface area contributed by atoms with Crippen molar-refractivity contribution in [3.05, 3.63) is 0 Å². The SMILES string of the molecule is COC(=O)C(N)CSCC(=O)NCCNC(C)=O. The molecule has 7 nitrogen and oxygen atoms in total. The summed E-state index contributed by atoms with van der Waals surface area (Å²) < 4.78 is 4.45. The molecule has 4 N–H and O–H groups in total. The number of esters is 1. The zero-order chi connectivity index (χ0) is 14.0. The van der Waals surface area contributed by atoms with Crippen LogP contribution in [0.1, 0.15) is 6.92 Å². The first-order chi connectivity index (χ1) is 8.47. The quantitative estimate of drug-likeness (QED) is 0.367. The van der Waals surface area contributed by atoms with E-state index >= 15 is 0 Å². The first-order valence-electron chi connectivity index (χ1n) is 5.39. The van der Waals surface area contributed by atoms with Gasteiger partial charge in [-0.3, -0.25) is 14.4 Å². The maximum absolute atomic E-state index is 11.3. The van der Waals surface area contributed by atoms with Gasteiger partial charge in [0.05, 0.1) is 12.9 Å². The van der Waals surface area contributed by atoms with Crippen molar-refractivity contribution < 1.29 is 19.1 Å². The largest absolute Gasteiger partial charge is 0.468 e. The number of hydrogen-bond acceptors (Lipinski definition) is 6. The van der Waals surface area contributed by atoms with Gasteiger partial charge in [0, 0.05) is 25.8 Å². The summed E-state index contributed by atoms with van der Waals surface area (Å²) in [5, 5.41) is 5.18. The van der Waals surface area contributed by atoms with Crippen LogP contribution in [0.2, 0.25) is 0 Å². The average Bonchev–Trinajstić information content (AvgIpc) is 2.33. The Morgan fingerprint density at radius 2 is 1.89 bits per heavy atom. The van der Waals surface area contributed by atoms with E-state index < -0.39 is 12.0 Å². The molecule has 0 aliphatic rings. The first-order valence-corrected chi connectivity index (χ1v) is 6.55. The summed E-state index contributed by atoms with van der Waals surface area (Å²) in [6.45, 7) is 2.18. The van der Waals surface area contributed by atoms with Crippen molar-refractivity contribution in [2.24, 2.45) is 5.73 Å². The van der Waals surface area contributed by atoms with E-state index in [2.05, 4.69) is 15.4 Å². The summed E-state index contributed by atoms with van der Waals surface area (Å²) in [6.07, 6.45) is 0. The van der Waals surface area contributed by atoms with Gasteiger partial charge < -0.3 is 21.1 Å². The third-order valence-corrected chi connectivity index (χ3v) is 2.92. The molecule has 0 bridgehead atoms. The Kier molecular flexibility index (Phi) is 9.03. The highest BCUT2D eigenvalue weighted by Crippen LogP contribution is 2.02. The minimum absolute atomic E-state index is 0.136. The Hall–Kier alpha value is -1.28. The minimum Gasteiger partial charge on any atom is -0.468 e. The molecule has 0 aromatic heterocycles. The molecule has 0 saturated carbocycles. The summed E-state index contributed by atoms with van der Waals surface area (Å²) in [5.74, 6) is -0.255. The fourth-order valence-corrected chi connectivity index (χ4v) is 1.78. The Morgan fingerprint density at radius 1 is 1.28 bits per heavy atom. The van der Waals surface area contributed by atoms with Crippen LogP contribution in [-0.2, 0) is 19.1 Å². The van der Waals surface area contributed by atoms with Crippen molar-refractivity contribution >= 4 is 29.5 Å². The van der Waals surface area contributed by atoms with Crippen molar-refractivity contribution in [3.8, 4) is 0 Å². The standard InChI is InChI=1S/C10H19N3O4S/c1-7(14)12-3-4-13-9(15)6-18-5-8(11)10(16)17-2/h8H,3-6,11H2,1-2H3,(H,12,14)(H,13,15). The lowest BCUT2D eigenvalue weighted by Crippen LogP contribution is -2.36.